The lowest BCUT2D eigenvalue weighted by Crippen LogP contribution is -1.99. The van der Waals surface area contributed by atoms with Crippen molar-refractivity contribution in [3.8, 4) is 5.88 Å². The van der Waals surface area contributed by atoms with Crippen molar-refractivity contribution in [3.63, 3.8) is 0 Å². The molecule has 0 aliphatic carbocycles. The number of benzene rings is 1. The second kappa shape index (κ2) is 5.32. The van der Waals surface area contributed by atoms with Crippen molar-refractivity contribution in [1.82, 2.24) is 4.98 Å². The van der Waals surface area contributed by atoms with Crippen LogP contribution in [0.1, 0.15) is 5.56 Å². The predicted octanol–water partition coefficient (Wildman–Crippen LogP) is 2.29. The molecule has 0 spiro atoms. The van der Waals surface area contributed by atoms with E-state index < -0.39 is 0 Å². The second-order valence-corrected chi connectivity index (χ2v) is 3.59. The molecule has 88 valence electrons. The van der Waals surface area contributed by atoms with Crippen molar-refractivity contribution in [2.75, 3.05) is 12.4 Å². The lowest BCUT2D eigenvalue weighted by atomic mass is 10.2. The molecule has 0 bridgehead atoms. The summed E-state index contributed by atoms with van der Waals surface area (Å²) in [4.78, 5) is 4.28. The minimum absolute atomic E-state index is 0.529. The number of nitrogens with zero attached hydrogens (tertiary/aromatic N) is 1. The molecule has 0 aliphatic rings. The average Bonchev–Trinajstić information content (AvgIpc) is 2.39. The lowest BCUT2D eigenvalue weighted by molar-refractivity contribution is 0.398. The van der Waals surface area contributed by atoms with E-state index in [0.29, 0.717) is 12.4 Å². The van der Waals surface area contributed by atoms with Crippen molar-refractivity contribution >= 4 is 11.5 Å². The third kappa shape index (κ3) is 2.95. The molecule has 0 saturated heterocycles. The van der Waals surface area contributed by atoms with Crippen LogP contribution in [-0.4, -0.2) is 12.1 Å². The van der Waals surface area contributed by atoms with Crippen LogP contribution in [0.25, 0.3) is 0 Å². The summed E-state index contributed by atoms with van der Waals surface area (Å²) in [5.41, 5.74) is 7.64. The lowest BCUT2D eigenvalue weighted by Gasteiger charge is -2.08. The highest BCUT2D eigenvalue weighted by Gasteiger charge is 1.99. The molecule has 0 radical (unpaired) electrons. The molecule has 0 aliphatic heterocycles. The Morgan fingerprint density at radius 2 is 2.06 bits per heavy atom. The Bertz CT molecular complexity index is 454. The topological polar surface area (TPSA) is 60.2 Å². The van der Waals surface area contributed by atoms with Gasteiger partial charge in [-0.1, -0.05) is 18.2 Å². The molecular weight excluding hydrogens is 214 g/mol. The third-order valence-corrected chi connectivity index (χ3v) is 2.37. The van der Waals surface area contributed by atoms with Crippen LogP contribution < -0.4 is 15.8 Å². The first-order valence-corrected chi connectivity index (χ1v) is 5.39. The molecule has 0 fully saturated rings. The monoisotopic (exact) mass is 229 g/mol. The van der Waals surface area contributed by atoms with E-state index in [1.54, 1.807) is 7.11 Å². The molecule has 3 N–H and O–H groups in total. The van der Waals surface area contributed by atoms with Crippen LogP contribution >= 0.6 is 0 Å². The summed E-state index contributed by atoms with van der Waals surface area (Å²) in [6.07, 6.45) is 0. The van der Waals surface area contributed by atoms with E-state index in [0.717, 1.165) is 17.1 Å². The molecule has 4 nitrogen and oxygen atoms in total. The SMILES string of the molecule is COc1cccc(Nc2cccc(CN)c2)n1. The van der Waals surface area contributed by atoms with E-state index in [2.05, 4.69) is 10.3 Å². The summed E-state index contributed by atoms with van der Waals surface area (Å²) in [7, 11) is 1.60. The van der Waals surface area contributed by atoms with Gasteiger partial charge in [-0.15, -0.1) is 0 Å². The highest BCUT2D eigenvalue weighted by molar-refractivity contribution is 5.57. The first-order valence-electron chi connectivity index (χ1n) is 5.39. The van der Waals surface area contributed by atoms with Crippen LogP contribution in [0, 0.1) is 0 Å². The van der Waals surface area contributed by atoms with E-state index in [1.807, 2.05) is 42.5 Å². The van der Waals surface area contributed by atoms with Crippen LogP contribution in [0.15, 0.2) is 42.5 Å². The summed E-state index contributed by atoms with van der Waals surface area (Å²) in [5, 5.41) is 3.21. The van der Waals surface area contributed by atoms with Crippen LogP contribution in [0.3, 0.4) is 0 Å². The van der Waals surface area contributed by atoms with Crippen molar-refractivity contribution in [2.24, 2.45) is 5.73 Å². The summed E-state index contributed by atoms with van der Waals surface area (Å²) in [5.74, 6) is 1.34. The number of nitrogens with two attached hydrogens (primary N) is 1. The molecule has 2 aromatic rings. The molecule has 2 rings (SSSR count). The molecule has 17 heavy (non-hydrogen) atoms. The zero-order chi connectivity index (χ0) is 12.1. The Labute approximate surface area is 100 Å². The maximum absolute atomic E-state index is 5.59. The van der Waals surface area contributed by atoms with E-state index >= 15 is 0 Å². The summed E-state index contributed by atoms with van der Waals surface area (Å²) >= 11 is 0. The number of anilines is 2. The van der Waals surface area contributed by atoms with E-state index in [4.69, 9.17) is 10.5 Å². The van der Waals surface area contributed by atoms with Gasteiger partial charge in [-0.05, 0) is 23.8 Å². The van der Waals surface area contributed by atoms with Gasteiger partial charge in [-0.2, -0.15) is 4.98 Å². The fourth-order valence-corrected chi connectivity index (χ4v) is 1.52. The fourth-order valence-electron chi connectivity index (χ4n) is 1.52. The predicted molar refractivity (Wildman–Crippen MR) is 68.4 cm³/mol. The van der Waals surface area contributed by atoms with Crippen LogP contribution in [0.2, 0.25) is 0 Å². The molecule has 0 saturated carbocycles. The van der Waals surface area contributed by atoms with Gasteiger partial charge in [0.25, 0.3) is 0 Å². The summed E-state index contributed by atoms with van der Waals surface area (Å²) < 4.78 is 5.07. The number of ether oxygens (including phenoxy) is 1. The summed E-state index contributed by atoms with van der Waals surface area (Å²) in [6, 6.07) is 13.5. The molecule has 4 heteroatoms. The number of rotatable bonds is 4. The first kappa shape index (κ1) is 11.4. The van der Waals surface area contributed by atoms with Gasteiger partial charge in [0.15, 0.2) is 0 Å². The minimum atomic E-state index is 0.529. The van der Waals surface area contributed by atoms with Gasteiger partial charge in [0.05, 0.1) is 7.11 Å². The maximum atomic E-state index is 5.59. The molecule has 1 aromatic heterocycles. The Morgan fingerprint density at radius 3 is 2.82 bits per heavy atom. The Balaban J connectivity index is 2.18. The molecule has 1 heterocycles. The highest BCUT2D eigenvalue weighted by Crippen LogP contribution is 2.18. The Kier molecular flexibility index (Phi) is 3.57. The fraction of sp³-hybridized carbons (Fsp3) is 0.154. The van der Waals surface area contributed by atoms with Crippen LogP contribution in [-0.2, 0) is 6.54 Å². The van der Waals surface area contributed by atoms with E-state index in [9.17, 15) is 0 Å². The largest absolute Gasteiger partial charge is 0.481 e. The molecule has 0 amide bonds. The molecule has 0 atom stereocenters. The maximum Gasteiger partial charge on any atom is 0.214 e. The first-order chi connectivity index (χ1) is 8.31. The Morgan fingerprint density at radius 1 is 1.24 bits per heavy atom. The van der Waals surface area contributed by atoms with Gasteiger partial charge in [0, 0.05) is 18.3 Å². The minimum Gasteiger partial charge on any atom is -0.481 e. The number of methoxy groups -OCH3 is 1. The van der Waals surface area contributed by atoms with Crippen LogP contribution in [0.4, 0.5) is 11.5 Å². The number of aromatic nitrogens is 1. The number of nitrogens with one attached hydrogen (secondary N) is 1. The summed E-state index contributed by atoms with van der Waals surface area (Å²) in [6.45, 7) is 0.529. The van der Waals surface area contributed by atoms with E-state index in [1.165, 1.54) is 0 Å². The highest BCUT2D eigenvalue weighted by atomic mass is 16.5. The standard InChI is InChI=1S/C13H15N3O/c1-17-13-7-3-6-12(16-13)15-11-5-2-4-10(8-11)9-14/h2-8H,9,14H2,1H3,(H,15,16). The van der Waals surface area contributed by atoms with Gasteiger partial charge in [0.2, 0.25) is 5.88 Å². The smallest absolute Gasteiger partial charge is 0.214 e. The number of hydrogen-bond donors (Lipinski definition) is 2. The van der Waals surface area contributed by atoms with Crippen LogP contribution in [0.5, 0.6) is 5.88 Å². The van der Waals surface area contributed by atoms with Gasteiger partial charge < -0.3 is 15.8 Å². The average molecular weight is 229 g/mol. The number of pyridine rings is 1. The normalized spacial score (nSPS) is 10.0. The second-order valence-electron chi connectivity index (χ2n) is 3.59. The molecular formula is C13H15N3O. The Hall–Kier alpha value is -2.07. The number of hydrogen-bond acceptors (Lipinski definition) is 4. The van der Waals surface area contributed by atoms with Gasteiger partial charge >= 0.3 is 0 Å². The van der Waals surface area contributed by atoms with E-state index in [-0.39, 0.29) is 0 Å². The quantitative estimate of drug-likeness (QED) is 0.844. The molecule has 1 aromatic carbocycles. The third-order valence-electron chi connectivity index (χ3n) is 2.37. The molecule has 0 unspecified atom stereocenters. The van der Waals surface area contributed by atoms with Crippen molar-refractivity contribution in [2.45, 2.75) is 6.54 Å². The van der Waals surface area contributed by atoms with Gasteiger partial charge in [0.1, 0.15) is 5.82 Å². The zero-order valence-electron chi connectivity index (χ0n) is 9.68. The van der Waals surface area contributed by atoms with Gasteiger partial charge in [-0.3, -0.25) is 0 Å². The van der Waals surface area contributed by atoms with Crippen molar-refractivity contribution in [1.29, 1.82) is 0 Å². The van der Waals surface area contributed by atoms with Gasteiger partial charge in [-0.25, -0.2) is 0 Å². The van der Waals surface area contributed by atoms with Crippen molar-refractivity contribution < 1.29 is 4.74 Å². The van der Waals surface area contributed by atoms with Crippen molar-refractivity contribution in [3.05, 3.63) is 48.0 Å². The zero-order valence-corrected chi connectivity index (χ0v) is 9.68.